The third-order valence-corrected chi connectivity index (χ3v) is 6.01. The van der Waals surface area contributed by atoms with Gasteiger partial charge in [-0.15, -0.1) is 0 Å². The summed E-state index contributed by atoms with van der Waals surface area (Å²) in [6, 6.07) is 7.17. The number of benzene rings is 1. The number of nitrogens with two attached hydrogens (primary N) is 1. The Bertz CT molecular complexity index is 796. The summed E-state index contributed by atoms with van der Waals surface area (Å²) in [6.07, 6.45) is 5.29. The number of pyridine rings is 1. The van der Waals surface area contributed by atoms with Crippen molar-refractivity contribution in [2.75, 3.05) is 6.54 Å². The van der Waals surface area contributed by atoms with Gasteiger partial charge in [-0.1, -0.05) is 25.0 Å². The third kappa shape index (κ3) is 2.74. The van der Waals surface area contributed by atoms with Crippen molar-refractivity contribution in [3.63, 3.8) is 0 Å². The Hall–Kier alpha value is -1.50. The predicted octanol–water partition coefficient (Wildman–Crippen LogP) is 2.09. The molecule has 1 aliphatic carbocycles. The van der Waals surface area contributed by atoms with Gasteiger partial charge in [0, 0.05) is 23.7 Å². The first-order chi connectivity index (χ1) is 10.5. The number of para-hydroxylation sites is 1. The number of hydrogen-bond acceptors (Lipinski definition) is 4. The molecule has 0 radical (unpaired) electrons. The van der Waals surface area contributed by atoms with Crippen LogP contribution in [0.15, 0.2) is 35.4 Å². The molecule has 2 aromatic rings. The number of nitrogens with zero attached hydrogens (tertiary/aromatic N) is 1. The number of fused-ring (bicyclic) bond motifs is 1. The molecule has 0 amide bonds. The molecule has 3 rings (SSSR count). The maximum atomic E-state index is 12.8. The Morgan fingerprint density at radius 2 is 2.05 bits per heavy atom. The summed E-state index contributed by atoms with van der Waals surface area (Å²) in [6.45, 7) is 2.26. The summed E-state index contributed by atoms with van der Waals surface area (Å²) in [4.78, 5) is 4.55. The van der Waals surface area contributed by atoms with Crippen molar-refractivity contribution in [1.82, 2.24) is 9.71 Å². The molecule has 1 aromatic carbocycles. The van der Waals surface area contributed by atoms with Gasteiger partial charge in [-0.2, -0.15) is 0 Å². The maximum absolute atomic E-state index is 12.8. The lowest BCUT2D eigenvalue weighted by molar-refractivity contribution is 0.399. The molecule has 118 valence electrons. The van der Waals surface area contributed by atoms with Gasteiger partial charge in [-0.25, -0.2) is 13.1 Å². The van der Waals surface area contributed by atoms with Crippen LogP contribution in [-0.2, 0) is 10.0 Å². The van der Waals surface area contributed by atoms with Crippen molar-refractivity contribution < 1.29 is 8.42 Å². The van der Waals surface area contributed by atoms with Crippen LogP contribution in [0.1, 0.15) is 31.2 Å². The van der Waals surface area contributed by atoms with Gasteiger partial charge in [0.25, 0.3) is 0 Å². The first kappa shape index (κ1) is 15.4. The van der Waals surface area contributed by atoms with Gasteiger partial charge in [0.15, 0.2) is 0 Å². The zero-order valence-corrected chi connectivity index (χ0v) is 13.5. The second-order valence-electron chi connectivity index (χ2n) is 6.14. The average molecular weight is 319 g/mol. The van der Waals surface area contributed by atoms with Crippen molar-refractivity contribution in [2.24, 2.45) is 5.73 Å². The predicted molar refractivity (Wildman–Crippen MR) is 87.1 cm³/mol. The Balaban J connectivity index is 2.06. The quantitative estimate of drug-likeness (QED) is 0.903. The third-order valence-electron chi connectivity index (χ3n) is 4.40. The number of rotatable bonds is 4. The Morgan fingerprint density at radius 1 is 1.32 bits per heavy atom. The zero-order chi connectivity index (χ0) is 15.8. The lowest BCUT2D eigenvalue weighted by Crippen LogP contribution is -2.51. The molecule has 6 heteroatoms. The summed E-state index contributed by atoms with van der Waals surface area (Å²) >= 11 is 0. The lowest BCUT2D eigenvalue weighted by Gasteiger charge is -2.28. The molecule has 0 bridgehead atoms. The van der Waals surface area contributed by atoms with Gasteiger partial charge in [0.2, 0.25) is 10.0 Å². The second-order valence-corrected chi connectivity index (χ2v) is 7.79. The molecule has 0 saturated heterocycles. The van der Waals surface area contributed by atoms with Gasteiger partial charge in [-0.05, 0) is 37.5 Å². The number of nitrogens with one attached hydrogen (secondary N) is 1. The summed E-state index contributed by atoms with van der Waals surface area (Å²) < 4.78 is 28.5. The number of hydrogen-bond donors (Lipinski definition) is 2. The molecule has 1 saturated carbocycles. The van der Waals surface area contributed by atoms with Gasteiger partial charge in [0.05, 0.1) is 5.52 Å². The normalized spacial score (nSPS) is 17.9. The minimum atomic E-state index is -3.65. The van der Waals surface area contributed by atoms with Crippen LogP contribution in [0.3, 0.4) is 0 Å². The summed E-state index contributed by atoms with van der Waals surface area (Å²) in [5, 5.41) is 0.830. The van der Waals surface area contributed by atoms with Crippen LogP contribution >= 0.6 is 0 Å². The van der Waals surface area contributed by atoms with Crippen LogP contribution in [-0.4, -0.2) is 25.5 Å². The van der Waals surface area contributed by atoms with E-state index in [2.05, 4.69) is 9.71 Å². The molecule has 22 heavy (non-hydrogen) atoms. The van der Waals surface area contributed by atoms with E-state index in [0.717, 1.165) is 36.6 Å². The van der Waals surface area contributed by atoms with E-state index in [-0.39, 0.29) is 4.90 Å². The minimum Gasteiger partial charge on any atom is -0.329 e. The van der Waals surface area contributed by atoms with E-state index in [0.29, 0.717) is 12.1 Å². The van der Waals surface area contributed by atoms with E-state index in [1.54, 1.807) is 18.3 Å². The molecule has 0 aliphatic heterocycles. The van der Waals surface area contributed by atoms with Crippen molar-refractivity contribution in [2.45, 2.75) is 43.0 Å². The molecule has 1 heterocycles. The number of aryl methyl sites for hydroxylation is 1. The van der Waals surface area contributed by atoms with E-state index >= 15 is 0 Å². The molecular formula is C16H21N3O2S. The first-order valence-electron chi connectivity index (χ1n) is 7.55. The minimum absolute atomic E-state index is 0.227. The van der Waals surface area contributed by atoms with E-state index in [9.17, 15) is 8.42 Å². The van der Waals surface area contributed by atoms with E-state index < -0.39 is 15.6 Å². The molecule has 1 aliphatic rings. The van der Waals surface area contributed by atoms with Crippen LogP contribution in [0, 0.1) is 6.92 Å². The van der Waals surface area contributed by atoms with Crippen LogP contribution in [0.4, 0.5) is 0 Å². The zero-order valence-electron chi connectivity index (χ0n) is 12.7. The Kier molecular flexibility index (Phi) is 3.92. The van der Waals surface area contributed by atoms with E-state index in [1.807, 2.05) is 19.1 Å². The molecule has 0 atom stereocenters. The highest BCUT2D eigenvalue weighted by Gasteiger charge is 2.37. The van der Waals surface area contributed by atoms with Crippen molar-refractivity contribution in [1.29, 1.82) is 0 Å². The highest BCUT2D eigenvalue weighted by molar-refractivity contribution is 7.89. The highest BCUT2D eigenvalue weighted by Crippen LogP contribution is 2.31. The number of sulfonamides is 1. The molecular weight excluding hydrogens is 298 g/mol. The average Bonchev–Trinajstić information content (AvgIpc) is 2.94. The van der Waals surface area contributed by atoms with Crippen LogP contribution in [0.5, 0.6) is 0 Å². The Morgan fingerprint density at radius 3 is 2.73 bits per heavy atom. The summed E-state index contributed by atoms with van der Waals surface area (Å²) in [5.41, 5.74) is 6.85. The molecule has 1 aromatic heterocycles. The summed E-state index contributed by atoms with van der Waals surface area (Å²) in [7, 11) is -3.65. The van der Waals surface area contributed by atoms with Gasteiger partial charge < -0.3 is 5.73 Å². The molecule has 1 fully saturated rings. The fraction of sp³-hybridized carbons (Fsp3) is 0.438. The molecule has 0 unspecified atom stereocenters. The topological polar surface area (TPSA) is 85.1 Å². The highest BCUT2D eigenvalue weighted by atomic mass is 32.2. The molecule has 3 N–H and O–H groups in total. The molecule has 5 nitrogen and oxygen atoms in total. The SMILES string of the molecule is Cc1cnc2c(S(=O)(=O)NC3(CN)CCCC3)cccc2c1. The monoisotopic (exact) mass is 319 g/mol. The maximum Gasteiger partial charge on any atom is 0.243 e. The van der Waals surface area contributed by atoms with Crippen LogP contribution in [0.25, 0.3) is 10.9 Å². The molecule has 0 spiro atoms. The second kappa shape index (κ2) is 5.61. The lowest BCUT2D eigenvalue weighted by atomic mass is 10.0. The summed E-state index contributed by atoms with van der Waals surface area (Å²) in [5.74, 6) is 0. The van der Waals surface area contributed by atoms with Gasteiger partial charge in [-0.3, -0.25) is 4.98 Å². The van der Waals surface area contributed by atoms with E-state index in [4.69, 9.17) is 5.73 Å². The first-order valence-corrected chi connectivity index (χ1v) is 9.04. The fourth-order valence-electron chi connectivity index (χ4n) is 3.20. The van der Waals surface area contributed by atoms with Gasteiger partial charge >= 0.3 is 0 Å². The smallest absolute Gasteiger partial charge is 0.243 e. The standard InChI is InChI=1S/C16H21N3O2S/c1-12-9-13-5-4-6-14(15(13)18-10-12)22(20,21)19-16(11-17)7-2-3-8-16/h4-6,9-10,19H,2-3,7-8,11,17H2,1H3. The van der Waals surface area contributed by atoms with Crippen molar-refractivity contribution >= 4 is 20.9 Å². The Labute approximate surface area is 131 Å². The largest absolute Gasteiger partial charge is 0.329 e. The van der Waals surface area contributed by atoms with Crippen LogP contribution < -0.4 is 10.5 Å². The van der Waals surface area contributed by atoms with Crippen molar-refractivity contribution in [3.05, 3.63) is 36.0 Å². The van der Waals surface area contributed by atoms with Crippen molar-refractivity contribution in [3.8, 4) is 0 Å². The number of aromatic nitrogens is 1. The fourth-order valence-corrected chi connectivity index (χ4v) is 4.85. The van der Waals surface area contributed by atoms with E-state index in [1.165, 1.54) is 0 Å². The van der Waals surface area contributed by atoms with Gasteiger partial charge in [0.1, 0.15) is 4.90 Å². The van der Waals surface area contributed by atoms with Crippen LogP contribution in [0.2, 0.25) is 0 Å².